The lowest BCUT2D eigenvalue weighted by Crippen LogP contribution is -2.22. The quantitative estimate of drug-likeness (QED) is 0.750. The zero-order valence-corrected chi connectivity index (χ0v) is 14.1. The number of anilines is 1. The van der Waals surface area contributed by atoms with Gasteiger partial charge in [-0.2, -0.15) is 0 Å². The van der Waals surface area contributed by atoms with Crippen molar-refractivity contribution in [2.24, 2.45) is 0 Å². The van der Waals surface area contributed by atoms with Gasteiger partial charge in [-0.3, -0.25) is 4.79 Å². The normalized spacial score (nSPS) is 11.9. The summed E-state index contributed by atoms with van der Waals surface area (Å²) in [6.45, 7) is 1.94. The van der Waals surface area contributed by atoms with E-state index in [0.29, 0.717) is 0 Å². The second kappa shape index (κ2) is 7.69. The maximum Gasteiger partial charge on any atom is 0.237 e. The molecule has 2 aromatic rings. The molecule has 0 fully saturated rings. The molecule has 2 aromatic carbocycles. The number of benzene rings is 2. The molecule has 0 aliphatic heterocycles. The second-order valence-corrected chi connectivity index (χ2v) is 7.01. The standard InChI is InChI=1S/C16H16INOS/c1-12(20-11-13-5-3-2-4-6-13)16(19)18-15-9-7-14(17)8-10-15/h2-10,12H,11H2,1H3,(H,18,19). The number of amides is 1. The zero-order valence-electron chi connectivity index (χ0n) is 11.2. The van der Waals surface area contributed by atoms with Crippen molar-refractivity contribution < 1.29 is 4.79 Å². The van der Waals surface area contributed by atoms with Crippen molar-refractivity contribution in [2.75, 3.05) is 5.32 Å². The first-order valence-electron chi connectivity index (χ1n) is 6.37. The number of rotatable bonds is 5. The summed E-state index contributed by atoms with van der Waals surface area (Å²) >= 11 is 3.89. The molecule has 1 N–H and O–H groups in total. The Kier molecular flexibility index (Phi) is 5.91. The fourth-order valence-corrected chi connectivity index (χ4v) is 2.85. The molecule has 0 spiro atoms. The van der Waals surface area contributed by atoms with E-state index in [9.17, 15) is 4.79 Å². The molecule has 104 valence electrons. The highest BCUT2D eigenvalue weighted by Gasteiger charge is 2.13. The highest BCUT2D eigenvalue weighted by Crippen LogP contribution is 2.19. The summed E-state index contributed by atoms with van der Waals surface area (Å²) in [5.41, 5.74) is 2.09. The molecule has 0 saturated heterocycles. The first kappa shape index (κ1) is 15.4. The van der Waals surface area contributed by atoms with E-state index in [1.807, 2.05) is 49.4 Å². The van der Waals surface area contributed by atoms with E-state index in [1.54, 1.807) is 11.8 Å². The Bertz CT molecular complexity index is 556. The Balaban J connectivity index is 1.84. The fourth-order valence-electron chi connectivity index (χ4n) is 1.65. The van der Waals surface area contributed by atoms with Crippen LogP contribution in [0.2, 0.25) is 0 Å². The van der Waals surface area contributed by atoms with Crippen LogP contribution in [-0.2, 0) is 10.5 Å². The first-order valence-corrected chi connectivity index (χ1v) is 8.50. The van der Waals surface area contributed by atoms with Gasteiger partial charge in [0.1, 0.15) is 0 Å². The van der Waals surface area contributed by atoms with Crippen molar-refractivity contribution in [1.82, 2.24) is 0 Å². The number of hydrogen-bond acceptors (Lipinski definition) is 2. The van der Waals surface area contributed by atoms with Gasteiger partial charge in [-0.05, 0) is 59.3 Å². The molecule has 1 unspecified atom stereocenters. The Morgan fingerprint density at radius 3 is 2.45 bits per heavy atom. The van der Waals surface area contributed by atoms with Crippen LogP contribution in [-0.4, -0.2) is 11.2 Å². The Morgan fingerprint density at radius 1 is 1.15 bits per heavy atom. The van der Waals surface area contributed by atoms with Crippen molar-refractivity contribution in [1.29, 1.82) is 0 Å². The van der Waals surface area contributed by atoms with Gasteiger partial charge in [0, 0.05) is 15.0 Å². The average Bonchev–Trinajstić information content (AvgIpc) is 2.48. The van der Waals surface area contributed by atoms with Gasteiger partial charge in [-0.15, -0.1) is 11.8 Å². The largest absolute Gasteiger partial charge is 0.325 e. The third-order valence-electron chi connectivity index (χ3n) is 2.82. The number of hydrogen-bond donors (Lipinski definition) is 1. The third kappa shape index (κ3) is 4.83. The molecule has 1 atom stereocenters. The highest BCUT2D eigenvalue weighted by atomic mass is 127. The summed E-state index contributed by atoms with van der Waals surface area (Å²) < 4.78 is 1.16. The minimum atomic E-state index is -0.0746. The minimum absolute atomic E-state index is 0.0483. The van der Waals surface area contributed by atoms with E-state index < -0.39 is 0 Å². The highest BCUT2D eigenvalue weighted by molar-refractivity contribution is 14.1. The number of halogens is 1. The number of nitrogens with one attached hydrogen (secondary N) is 1. The molecule has 0 aliphatic carbocycles. The lowest BCUT2D eigenvalue weighted by molar-refractivity contribution is -0.115. The van der Waals surface area contributed by atoms with Crippen LogP contribution in [0.15, 0.2) is 54.6 Å². The van der Waals surface area contributed by atoms with Gasteiger partial charge in [0.25, 0.3) is 0 Å². The van der Waals surface area contributed by atoms with E-state index in [-0.39, 0.29) is 11.2 Å². The first-order chi connectivity index (χ1) is 9.65. The molecule has 1 amide bonds. The van der Waals surface area contributed by atoms with Gasteiger partial charge in [0.2, 0.25) is 5.91 Å². The van der Waals surface area contributed by atoms with E-state index in [1.165, 1.54) is 5.56 Å². The molecular weight excluding hydrogens is 381 g/mol. The van der Waals surface area contributed by atoms with Gasteiger partial charge in [0.05, 0.1) is 5.25 Å². The second-order valence-electron chi connectivity index (χ2n) is 4.43. The summed E-state index contributed by atoms with van der Waals surface area (Å²) in [7, 11) is 0. The van der Waals surface area contributed by atoms with E-state index in [2.05, 4.69) is 40.0 Å². The van der Waals surface area contributed by atoms with Crippen molar-refractivity contribution >= 4 is 45.9 Å². The topological polar surface area (TPSA) is 29.1 Å². The maximum absolute atomic E-state index is 12.1. The zero-order chi connectivity index (χ0) is 14.4. The molecule has 0 bridgehead atoms. The lowest BCUT2D eigenvalue weighted by Gasteiger charge is -2.12. The van der Waals surface area contributed by atoms with Gasteiger partial charge in [-0.1, -0.05) is 30.3 Å². The Labute approximate surface area is 137 Å². The van der Waals surface area contributed by atoms with Gasteiger partial charge in [-0.25, -0.2) is 0 Å². The molecule has 4 heteroatoms. The average molecular weight is 397 g/mol. The van der Waals surface area contributed by atoms with Gasteiger partial charge in [0.15, 0.2) is 0 Å². The summed E-state index contributed by atoms with van der Waals surface area (Å²) in [5.74, 6) is 0.898. The molecule has 0 aromatic heterocycles. The van der Waals surface area contributed by atoms with Crippen LogP contribution in [0.25, 0.3) is 0 Å². The number of carbonyl (C=O) groups excluding carboxylic acids is 1. The van der Waals surface area contributed by atoms with Crippen LogP contribution in [0.4, 0.5) is 5.69 Å². The van der Waals surface area contributed by atoms with Crippen molar-refractivity contribution in [2.45, 2.75) is 17.9 Å². The van der Waals surface area contributed by atoms with Crippen LogP contribution < -0.4 is 5.32 Å². The summed E-state index contributed by atoms with van der Waals surface area (Å²) in [5, 5.41) is 2.87. The SMILES string of the molecule is CC(SCc1ccccc1)C(=O)Nc1ccc(I)cc1. The van der Waals surface area contributed by atoms with E-state index in [4.69, 9.17) is 0 Å². The molecule has 0 aliphatic rings. The van der Waals surface area contributed by atoms with Crippen LogP contribution in [0.1, 0.15) is 12.5 Å². The minimum Gasteiger partial charge on any atom is -0.325 e. The fraction of sp³-hybridized carbons (Fsp3) is 0.188. The number of thioether (sulfide) groups is 1. The van der Waals surface area contributed by atoms with Crippen LogP contribution >= 0.6 is 34.4 Å². The molecule has 20 heavy (non-hydrogen) atoms. The summed E-state index contributed by atoms with van der Waals surface area (Å²) in [4.78, 5) is 12.1. The van der Waals surface area contributed by atoms with Gasteiger partial charge >= 0.3 is 0 Å². The summed E-state index contributed by atoms with van der Waals surface area (Å²) in [6, 6.07) is 18.0. The molecule has 0 radical (unpaired) electrons. The smallest absolute Gasteiger partial charge is 0.237 e. The number of carbonyl (C=O) groups is 1. The van der Waals surface area contributed by atoms with Crippen LogP contribution in [0, 0.1) is 3.57 Å². The van der Waals surface area contributed by atoms with Crippen LogP contribution in [0.5, 0.6) is 0 Å². The predicted molar refractivity (Wildman–Crippen MR) is 95.0 cm³/mol. The van der Waals surface area contributed by atoms with Crippen molar-refractivity contribution in [3.8, 4) is 0 Å². The third-order valence-corrected chi connectivity index (χ3v) is 4.76. The molecule has 0 heterocycles. The van der Waals surface area contributed by atoms with Crippen molar-refractivity contribution in [3.63, 3.8) is 0 Å². The molecular formula is C16H16INOS. The maximum atomic E-state index is 12.1. The molecule has 2 rings (SSSR count). The monoisotopic (exact) mass is 397 g/mol. The summed E-state index contributed by atoms with van der Waals surface area (Å²) in [6.07, 6.45) is 0. The lowest BCUT2D eigenvalue weighted by atomic mass is 10.2. The van der Waals surface area contributed by atoms with Gasteiger partial charge < -0.3 is 5.32 Å². The van der Waals surface area contributed by atoms with Crippen molar-refractivity contribution in [3.05, 3.63) is 63.7 Å². The molecule has 2 nitrogen and oxygen atoms in total. The Morgan fingerprint density at radius 2 is 1.80 bits per heavy atom. The molecule has 0 saturated carbocycles. The van der Waals surface area contributed by atoms with E-state index >= 15 is 0 Å². The van der Waals surface area contributed by atoms with E-state index in [0.717, 1.165) is 15.0 Å². The Hall–Kier alpha value is -1.01. The predicted octanol–water partition coefficient (Wildman–Crippen LogP) is 4.55. The van der Waals surface area contributed by atoms with Crippen LogP contribution in [0.3, 0.4) is 0 Å².